The first kappa shape index (κ1) is 22.7. The van der Waals surface area contributed by atoms with Crippen LogP contribution in [0.4, 0.5) is 5.69 Å². The summed E-state index contributed by atoms with van der Waals surface area (Å²) in [5.41, 5.74) is 6.01. The van der Waals surface area contributed by atoms with E-state index in [1.807, 2.05) is 14.1 Å². The molecule has 0 bridgehead atoms. The molecule has 9 heteroatoms. The van der Waals surface area contributed by atoms with E-state index in [0.29, 0.717) is 5.92 Å². The number of phenolic OH excluding ortho intramolecular Hbond substituents is 1. The molecule has 8 nitrogen and oxygen atoms in total. The molecule has 1 atom stereocenters. The number of benzene rings is 1. The molecule has 1 aromatic carbocycles. The molecular formula is C21H32ClN5O3. The third-order valence-corrected chi connectivity index (χ3v) is 6.47. The second kappa shape index (κ2) is 9.85. The Hall–Kier alpha value is -2.03. The van der Waals surface area contributed by atoms with Crippen LogP contribution in [0.25, 0.3) is 0 Å². The summed E-state index contributed by atoms with van der Waals surface area (Å²) in [6.07, 6.45) is 3.49. The maximum atomic E-state index is 12.9. The fraction of sp³-hybridized carbons (Fsp3) is 0.619. The van der Waals surface area contributed by atoms with Crippen molar-refractivity contribution in [3.05, 3.63) is 22.7 Å². The number of nitrogens with two attached hydrogens (primary N) is 1. The van der Waals surface area contributed by atoms with Crippen molar-refractivity contribution in [1.29, 1.82) is 0 Å². The second-order valence-electron chi connectivity index (χ2n) is 8.44. The van der Waals surface area contributed by atoms with Gasteiger partial charge in [0.25, 0.3) is 5.91 Å². The molecule has 0 aromatic heterocycles. The predicted octanol–water partition coefficient (Wildman–Crippen LogP) is 1.28. The van der Waals surface area contributed by atoms with Crippen LogP contribution >= 0.6 is 11.6 Å². The molecule has 2 amide bonds. The molecule has 0 saturated carbocycles. The summed E-state index contributed by atoms with van der Waals surface area (Å²) in [5.74, 6) is -0.0477. The van der Waals surface area contributed by atoms with Gasteiger partial charge in [0, 0.05) is 39.3 Å². The van der Waals surface area contributed by atoms with Gasteiger partial charge in [0.1, 0.15) is 5.75 Å². The smallest absolute Gasteiger partial charge is 0.255 e. The molecule has 5 N–H and O–H groups in total. The number of aromatic hydroxyl groups is 1. The highest BCUT2D eigenvalue weighted by molar-refractivity contribution is 6.33. The standard InChI is InChI=1S/C21H32ClN5O3/c1-26(2)21(30)19(13-3-7-24-8-4-13)27-9-5-14(6-10-27)25-20(29)15-11-16(22)17(23)12-18(15)28/h11-14,19,24,28H,3-10,23H2,1-2H3,(H,25,29). The van der Waals surface area contributed by atoms with Gasteiger partial charge in [0.2, 0.25) is 5.91 Å². The quantitative estimate of drug-likeness (QED) is 0.516. The van der Waals surface area contributed by atoms with Crippen LogP contribution in [-0.2, 0) is 4.79 Å². The molecule has 2 aliphatic heterocycles. The number of phenols is 1. The number of rotatable bonds is 5. The van der Waals surface area contributed by atoms with Gasteiger partial charge in [0.15, 0.2) is 0 Å². The minimum Gasteiger partial charge on any atom is -0.507 e. The van der Waals surface area contributed by atoms with E-state index in [-0.39, 0.29) is 45.9 Å². The lowest BCUT2D eigenvalue weighted by atomic mass is 9.87. The molecule has 2 fully saturated rings. The summed E-state index contributed by atoms with van der Waals surface area (Å²) in [7, 11) is 3.63. The largest absolute Gasteiger partial charge is 0.507 e. The Morgan fingerprint density at radius 3 is 2.47 bits per heavy atom. The van der Waals surface area contributed by atoms with E-state index in [1.54, 1.807) is 4.90 Å². The van der Waals surface area contributed by atoms with Crippen LogP contribution in [0.15, 0.2) is 12.1 Å². The van der Waals surface area contributed by atoms with Gasteiger partial charge in [-0.1, -0.05) is 11.6 Å². The second-order valence-corrected chi connectivity index (χ2v) is 8.85. The third kappa shape index (κ3) is 5.17. The number of amides is 2. The first-order valence-corrected chi connectivity index (χ1v) is 10.9. The lowest BCUT2D eigenvalue weighted by Gasteiger charge is -2.42. The van der Waals surface area contributed by atoms with Gasteiger partial charge in [-0.2, -0.15) is 0 Å². The van der Waals surface area contributed by atoms with Gasteiger partial charge < -0.3 is 26.4 Å². The molecule has 0 radical (unpaired) electrons. The molecule has 0 spiro atoms. The average Bonchev–Trinajstić information content (AvgIpc) is 2.72. The molecule has 2 aliphatic rings. The number of halogens is 1. The summed E-state index contributed by atoms with van der Waals surface area (Å²) in [6, 6.07) is 2.54. The van der Waals surface area contributed by atoms with Crippen molar-refractivity contribution in [3.8, 4) is 5.75 Å². The maximum absolute atomic E-state index is 12.9. The van der Waals surface area contributed by atoms with Gasteiger partial charge in [-0.05, 0) is 50.8 Å². The molecule has 1 aromatic rings. The number of carbonyl (C=O) groups excluding carboxylic acids is 2. The zero-order valence-corrected chi connectivity index (χ0v) is 18.4. The highest BCUT2D eigenvalue weighted by Crippen LogP contribution is 2.29. The molecule has 30 heavy (non-hydrogen) atoms. The lowest BCUT2D eigenvalue weighted by Crippen LogP contribution is -2.56. The van der Waals surface area contributed by atoms with Crippen molar-refractivity contribution in [2.24, 2.45) is 5.92 Å². The monoisotopic (exact) mass is 437 g/mol. The van der Waals surface area contributed by atoms with E-state index in [1.165, 1.54) is 12.1 Å². The van der Waals surface area contributed by atoms with Gasteiger partial charge in [-0.25, -0.2) is 0 Å². The SMILES string of the molecule is CN(C)C(=O)C(C1CCNCC1)N1CCC(NC(=O)c2cc(Cl)c(N)cc2O)CC1. The van der Waals surface area contributed by atoms with Crippen molar-refractivity contribution >= 4 is 29.1 Å². The maximum Gasteiger partial charge on any atom is 0.255 e. The minimum atomic E-state index is -0.368. The van der Waals surface area contributed by atoms with Crippen LogP contribution in [0.5, 0.6) is 5.75 Å². The van der Waals surface area contributed by atoms with Gasteiger partial charge in [-0.15, -0.1) is 0 Å². The van der Waals surface area contributed by atoms with Gasteiger partial charge in [0.05, 0.1) is 22.3 Å². The summed E-state index contributed by atoms with van der Waals surface area (Å²) in [5, 5.41) is 16.6. The summed E-state index contributed by atoms with van der Waals surface area (Å²) in [6.45, 7) is 3.38. The normalized spacial score (nSPS) is 20.0. The molecule has 2 saturated heterocycles. The predicted molar refractivity (Wildman–Crippen MR) is 118 cm³/mol. The topological polar surface area (TPSA) is 111 Å². The minimum absolute atomic E-state index is 0.0207. The molecule has 2 heterocycles. The van der Waals surface area contributed by atoms with Crippen molar-refractivity contribution in [2.75, 3.05) is 46.0 Å². The number of anilines is 1. The zero-order valence-electron chi connectivity index (χ0n) is 17.7. The first-order chi connectivity index (χ1) is 14.3. The number of nitrogen functional groups attached to an aromatic ring is 1. The van der Waals surface area contributed by atoms with Crippen molar-refractivity contribution in [1.82, 2.24) is 20.4 Å². The first-order valence-electron chi connectivity index (χ1n) is 10.5. The van der Waals surface area contributed by atoms with Gasteiger partial charge >= 0.3 is 0 Å². The van der Waals surface area contributed by atoms with E-state index in [9.17, 15) is 14.7 Å². The van der Waals surface area contributed by atoms with Crippen molar-refractivity contribution in [3.63, 3.8) is 0 Å². The number of hydrogen-bond donors (Lipinski definition) is 4. The van der Waals surface area contributed by atoms with Gasteiger partial charge in [-0.3, -0.25) is 14.5 Å². The van der Waals surface area contributed by atoms with Crippen LogP contribution in [-0.4, -0.2) is 79.1 Å². The number of nitrogens with zero attached hydrogens (tertiary/aromatic N) is 2. The molecular weight excluding hydrogens is 406 g/mol. The summed E-state index contributed by atoms with van der Waals surface area (Å²) < 4.78 is 0. The van der Waals surface area contributed by atoms with Crippen LogP contribution in [0.1, 0.15) is 36.0 Å². The fourth-order valence-corrected chi connectivity index (χ4v) is 4.59. The third-order valence-electron chi connectivity index (χ3n) is 6.14. The van der Waals surface area contributed by atoms with E-state index in [0.717, 1.165) is 51.9 Å². The number of likely N-dealkylation sites (N-methyl/N-ethyl adjacent to an activating group) is 1. The van der Waals surface area contributed by atoms with E-state index in [4.69, 9.17) is 17.3 Å². The number of piperidine rings is 2. The lowest BCUT2D eigenvalue weighted by molar-refractivity contribution is -0.137. The number of likely N-dealkylation sites (tertiary alicyclic amines) is 1. The highest BCUT2D eigenvalue weighted by Gasteiger charge is 2.37. The highest BCUT2D eigenvalue weighted by atomic mass is 35.5. The van der Waals surface area contributed by atoms with Crippen LogP contribution in [0, 0.1) is 5.92 Å². The number of hydrogen-bond acceptors (Lipinski definition) is 6. The number of carbonyl (C=O) groups is 2. The molecule has 0 aliphatic carbocycles. The van der Waals surface area contributed by atoms with E-state index >= 15 is 0 Å². The van der Waals surface area contributed by atoms with Crippen LogP contribution in [0.2, 0.25) is 5.02 Å². The number of nitrogens with one attached hydrogen (secondary N) is 2. The Morgan fingerprint density at radius 1 is 1.23 bits per heavy atom. The summed E-state index contributed by atoms with van der Waals surface area (Å²) in [4.78, 5) is 29.5. The molecule has 1 unspecified atom stereocenters. The van der Waals surface area contributed by atoms with E-state index < -0.39 is 0 Å². The van der Waals surface area contributed by atoms with E-state index in [2.05, 4.69) is 15.5 Å². The Morgan fingerprint density at radius 2 is 1.87 bits per heavy atom. The van der Waals surface area contributed by atoms with Crippen LogP contribution < -0.4 is 16.4 Å². The van der Waals surface area contributed by atoms with Crippen LogP contribution in [0.3, 0.4) is 0 Å². The Kier molecular flexibility index (Phi) is 7.44. The fourth-order valence-electron chi connectivity index (χ4n) is 4.43. The molecule has 3 rings (SSSR count). The summed E-state index contributed by atoms with van der Waals surface area (Å²) >= 11 is 5.99. The Labute approximate surface area is 182 Å². The van der Waals surface area contributed by atoms with Crippen molar-refractivity contribution in [2.45, 2.75) is 37.8 Å². The molecule has 166 valence electrons. The Bertz CT molecular complexity index is 774. The van der Waals surface area contributed by atoms with Crippen molar-refractivity contribution < 1.29 is 14.7 Å². The Balaban J connectivity index is 1.62. The zero-order chi connectivity index (χ0) is 21.8. The average molecular weight is 438 g/mol.